The predicted molar refractivity (Wildman–Crippen MR) is 78.1 cm³/mol. The summed E-state index contributed by atoms with van der Waals surface area (Å²) >= 11 is 0. The Morgan fingerprint density at radius 2 is 1.95 bits per heavy atom. The van der Waals surface area contributed by atoms with Gasteiger partial charge in [0, 0.05) is 0 Å². The third-order valence-corrected chi connectivity index (χ3v) is 3.51. The lowest BCUT2D eigenvalue weighted by Gasteiger charge is -2.29. The molecule has 0 amide bonds. The van der Waals surface area contributed by atoms with E-state index < -0.39 is 0 Å². The molecule has 0 saturated carbocycles. The van der Waals surface area contributed by atoms with Gasteiger partial charge < -0.3 is 4.48 Å². The summed E-state index contributed by atoms with van der Waals surface area (Å²) in [7, 11) is 4.39. The van der Waals surface area contributed by atoms with Crippen molar-refractivity contribution in [3.05, 3.63) is 40.9 Å². The van der Waals surface area contributed by atoms with Gasteiger partial charge in [-0.3, -0.25) is 9.36 Å². The Bertz CT molecular complexity index is 616. The second-order valence-corrected chi connectivity index (χ2v) is 5.64. The number of benzene rings is 1. The molecular formula is C15H22N3O+. The molecule has 0 saturated heterocycles. The molecule has 102 valence electrons. The van der Waals surface area contributed by atoms with E-state index >= 15 is 0 Å². The van der Waals surface area contributed by atoms with Crippen molar-refractivity contribution in [1.82, 2.24) is 9.55 Å². The number of rotatable bonds is 5. The van der Waals surface area contributed by atoms with E-state index in [1.165, 1.54) is 0 Å². The molecule has 0 fully saturated rings. The highest BCUT2D eigenvalue weighted by atomic mass is 16.1. The zero-order valence-electron chi connectivity index (χ0n) is 12.0. The van der Waals surface area contributed by atoms with Gasteiger partial charge in [-0.15, -0.1) is 0 Å². The van der Waals surface area contributed by atoms with Crippen LogP contribution in [0.1, 0.15) is 13.3 Å². The molecule has 4 heteroatoms. The second kappa shape index (κ2) is 5.53. The average Bonchev–Trinajstić information content (AvgIpc) is 2.38. The van der Waals surface area contributed by atoms with E-state index in [2.05, 4.69) is 26.0 Å². The quantitative estimate of drug-likeness (QED) is 0.769. The van der Waals surface area contributed by atoms with Crippen molar-refractivity contribution in [1.29, 1.82) is 0 Å². The van der Waals surface area contributed by atoms with E-state index in [0.29, 0.717) is 11.9 Å². The summed E-state index contributed by atoms with van der Waals surface area (Å²) in [6, 6.07) is 7.50. The molecule has 0 atom stereocenters. The van der Waals surface area contributed by atoms with Crippen molar-refractivity contribution in [2.24, 2.45) is 0 Å². The highest BCUT2D eigenvalue weighted by Crippen LogP contribution is 2.05. The van der Waals surface area contributed by atoms with E-state index in [4.69, 9.17) is 0 Å². The summed E-state index contributed by atoms with van der Waals surface area (Å²) in [6.45, 7) is 4.96. The first-order valence-corrected chi connectivity index (χ1v) is 6.80. The van der Waals surface area contributed by atoms with Crippen LogP contribution in [-0.4, -0.2) is 41.2 Å². The first-order valence-electron chi connectivity index (χ1n) is 6.80. The van der Waals surface area contributed by atoms with Crippen LogP contribution < -0.4 is 5.56 Å². The molecule has 4 nitrogen and oxygen atoms in total. The third kappa shape index (κ3) is 3.20. The van der Waals surface area contributed by atoms with Crippen molar-refractivity contribution in [3.63, 3.8) is 0 Å². The molecule has 1 heterocycles. The smallest absolute Gasteiger partial charge is 0.261 e. The van der Waals surface area contributed by atoms with Crippen LogP contribution in [0.2, 0.25) is 0 Å². The minimum absolute atomic E-state index is 0.0575. The number of aromatic nitrogens is 2. The van der Waals surface area contributed by atoms with Gasteiger partial charge in [-0.25, -0.2) is 4.98 Å². The van der Waals surface area contributed by atoms with Crippen molar-refractivity contribution in [3.8, 4) is 0 Å². The summed E-state index contributed by atoms with van der Waals surface area (Å²) in [4.78, 5) is 16.7. The number of likely N-dealkylation sites (N-methyl/N-ethyl adjacent to an activating group) is 1. The van der Waals surface area contributed by atoms with Crippen molar-refractivity contribution in [2.75, 3.05) is 27.2 Å². The van der Waals surface area contributed by atoms with Crippen LogP contribution in [-0.2, 0) is 6.54 Å². The highest BCUT2D eigenvalue weighted by Gasteiger charge is 2.14. The number of hydrogen-bond acceptors (Lipinski definition) is 2. The maximum absolute atomic E-state index is 12.3. The lowest BCUT2D eigenvalue weighted by molar-refractivity contribution is -0.891. The summed E-state index contributed by atoms with van der Waals surface area (Å²) in [6.07, 6.45) is 2.81. The molecular weight excluding hydrogens is 238 g/mol. The van der Waals surface area contributed by atoms with Crippen molar-refractivity contribution >= 4 is 10.9 Å². The number of hydrogen-bond donors (Lipinski definition) is 0. The minimum atomic E-state index is 0.0575. The minimum Gasteiger partial charge on any atom is -0.327 e. The van der Waals surface area contributed by atoms with Gasteiger partial charge in [-0.2, -0.15) is 0 Å². The lowest BCUT2D eigenvalue weighted by Crippen LogP contribution is -2.43. The molecule has 1 aromatic heterocycles. The molecule has 0 radical (unpaired) electrons. The van der Waals surface area contributed by atoms with Crippen LogP contribution in [0.3, 0.4) is 0 Å². The summed E-state index contributed by atoms with van der Waals surface area (Å²) < 4.78 is 2.65. The maximum atomic E-state index is 12.3. The molecule has 0 aliphatic carbocycles. The standard InChI is InChI=1S/C15H22N3O/c1-4-10-18(2,3)11-9-17-12-16-14-8-6-5-7-13(14)15(17)19/h5-8,12H,4,9-11H2,1-3H3/q+1. The first-order chi connectivity index (χ1) is 9.03. The van der Waals surface area contributed by atoms with Crippen molar-refractivity contribution in [2.45, 2.75) is 19.9 Å². The zero-order chi connectivity index (χ0) is 13.9. The largest absolute Gasteiger partial charge is 0.327 e. The molecule has 0 N–H and O–H groups in total. The molecule has 0 aliphatic heterocycles. The molecule has 19 heavy (non-hydrogen) atoms. The fourth-order valence-corrected chi connectivity index (χ4v) is 2.36. The molecule has 0 bridgehead atoms. The number of para-hydroxylation sites is 1. The molecule has 0 spiro atoms. The molecule has 0 unspecified atom stereocenters. The Kier molecular flexibility index (Phi) is 4.00. The van der Waals surface area contributed by atoms with Crippen LogP contribution >= 0.6 is 0 Å². The highest BCUT2D eigenvalue weighted by molar-refractivity contribution is 5.76. The Balaban J connectivity index is 2.22. The van der Waals surface area contributed by atoms with Crippen LogP contribution in [0.15, 0.2) is 35.4 Å². The third-order valence-electron chi connectivity index (χ3n) is 3.51. The average molecular weight is 260 g/mol. The van der Waals surface area contributed by atoms with Gasteiger partial charge in [0.1, 0.15) is 0 Å². The number of quaternary nitrogens is 1. The Morgan fingerprint density at radius 1 is 1.21 bits per heavy atom. The van der Waals surface area contributed by atoms with Crippen LogP contribution in [0.5, 0.6) is 0 Å². The van der Waals surface area contributed by atoms with Gasteiger partial charge in [-0.05, 0) is 18.6 Å². The fraction of sp³-hybridized carbons (Fsp3) is 0.467. The van der Waals surface area contributed by atoms with Gasteiger partial charge >= 0.3 is 0 Å². The van der Waals surface area contributed by atoms with Gasteiger partial charge in [0.2, 0.25) is 0 Å². The maximum Gasteiger partial charge on any atom is 0.261 e. The molecule has 2 rings (SSSR count). The van der Waals surface area contributed by atoms with Gasteiger partial charge in [-0.1, -0.05) is 19.1 Å². The molecule has 0 aliphatic rings. The van der Waals surface area contributed by atoms with Gasteiger partial charge in [0.25, 0.3) is 5.56 Å². The number of fused-ring (bicyclic) bond motifs is 1. The Morgan fingerprint density at radius 3 is 2.68 bits per heavy atom. The predicted octanol–water partition coefficient (Wildman–Crippen LogP) is 1.88. The van der Waals surface area contributed by atoms with Crippen LogP contribution in [0.4, 0.5) is 0 Å². The van der Waals surface area contributed by atoms with E-state index in [9.17, 15) is 4.79 Å². The topological polar surface area (TPSA) is 34.9 Å². The van der Waals surface area contributed by atoms with Crippen LogP contribution in [0, 0.1) is 0 Å². The van der Waals surface area contributed by atoms with Gasteiger partial charge in [0.15, 0.2) is 0 Å². The van der Waals surface area contributed by atoms with Crippen molar-refractivity contribution < 1.29 is 4.48 Å². The SMILES string of the molecule is CCC[N+](C)(C)CCn1cnc2ccccc2c1=O. The fourth-order valence-electron chi connectivity index (χ4n) is 2.36. The summed E-state index contributed by atoms with van der Waals surface area (Å²) in [5, 5.41) is 0.700. The summed E-state index contributed by atoms with van der Waals surface area (Å²) in [5.74, 6) is 0. The second-order valence-electron chi connectivity index (χ2n) is 5.64. The Labute approximate surface area is 113 Å². The zero-order valence-corrected chi connectivity index (χ0v) is 12.0. The first kappa shape index (κ1) is 13.7. The summed E-state index contributed by atoms with van der Waals surface area (Å²) in [5.41, 5.74) is 0.827. The van der Waals surface area contributed by atoms with E-state index in [-0.39, 0.29) is 5.56 Å². The van der Waals surface area contributed by atoms with E-state index in [0.717, 1.165) is 29.5 Å². The normalized spacial score (nSPS) is 11.9. The number of nitrogens with zero attached hydrogens (tertiary/aromatic N) is 3. The molecule has 1 aromatic carbocycles. The van der Waals surface area contributed by atoms with Crippen LogP contribution in [0.25, 0.3) is 10.9 Å². The van der Waals surface area contributed by atoms with Gasteiger partial charge in [0.05, 0.1) is 51.0 Å². The van der Waals surface area contributed by atoms with E-state index in [1.807, 2.05) is 24.3 Å². The Hall–Kier alpha value is -1.68. The lowest BCUT2D eigenvalue weighted by atomic mass is 10.2. The monoisotopic (exact) mass is 260 g/mol. The van der Waals surface area contributed by atoms with E-state index in [1.54, 1.807) is 10.9 Å². The molecule has 2 aromatic rings.